The van der Waals surface area contributed by atoms with Crippen molar-refractivity contribution in [2.24, 2.45) is 5.92 Å². The van der Waals surface area contributed by atoms with Crippen LogP contribution in [0.3, 0.4) is 0 Å². The van der Waals surface area contributed by atoms with Crippen molar-refractivity contribution in [1.29, 1.82) is 0 Å². The summed E-state index contributed by atoms with van der Waals surface area (Å²) < 4.78 is 5.30. The average Bonchev–Trinajstić information content (AvgIpc) is 2.84. The molecule has 0 saturated heterocycles. The number of amides is 3. The molecule has 2 atom stereocenters. The van der Waals surface area contributed by atoms with Crippen LogP contribution in [-0.4, -0.2) is 41.0 Å². The molecule has 0 aliphatic carbocycles. The summed E-state index contributed by atoms with van der Waals surface area (Å²) in [4.78, 5) is 41.6. The fraction of sp³-hybridized carbons (Fsp3) is 0.452. The number of para-hydroxylation sites is 1. The number of hydrogen-bond acceptors (Lipinski definition) is 4. The van der Waals surface area contributed by atoms with Gasteiger partial charge in [0.2, 0.25) is 5.91 Å². The summed E-state index contributed by atoms with van der Waals surface area (Å²) in [7, 11) is 0. The van der Waals surface area contributed by atoms with Crippen LogP contribution >= 0.6 is 0 Å². The molecule has 38 heavy (non-hydrogen) atoms. The van der Waals surface area contributed by atoms with Crippen LogP contribution < -0.4 is 10.6 Å². The number of nitrogens with zero attached hydrogens (tertiary/aromatic N) is 1. The Morgan fingerprint density at radius 2 is 1.63 bits per heavy atom. The minimum Gasteiger partial charge on any atom is -0.444 e. The molecule has 2 N–H and O–H groups in total. The quantitative estimate of drug-likeness (QED) is 0.387. The van der Waals surface area contributed by atoms with E-state index in [1.54, 1.807) is 49.9 Å². The van der Waals surface area contributed by atoms with Gasteiger partial charge in [0, 0.05) is 17.3 Å². The van der Waals surface area contributed by atoms with Crippen LogP contribution in [0, 0.1) is 25.2 Å². The molecule has 0 aliphatic rings. The van der Waals surface area contributed by atoms with E-state index in [-0.39, 0.29) is 18.5 Å². The normalized spacial score (nSPS) is 12.7. The molecule has 7 heteroatoms. The summed E-state index contributed by atoms with van der Waals surface area (Å²) in [6, 6.07) is 13.2. The van der Waals surface area contributed by atoms with Gasteiger partial charge in [0.05, 0.1) is 0 Å². The monoisotopic (exact) mass is 519 g/mol. The number of hydrogen-bond donors (Lipinski definition) is 2. The van der Waals surface area contributed by atoms with Crippen molar-refractivity contribution in [3.8, 4) is 12.3 Å². The lowest BCUT2D eigenvalue weighted by Crippen LogP contribution is -2.50. The second-order valence-electron chi connectivity index (χ2n) is 10.9. The third kappa shape index (κ3) is 8.95. The number of rotatable bonds is 10. The molecule has 0 fully saturated rings. The fourth-order valence-corrected chi connectivity index (χ4v) is 4.11. The van der Waals surface area contributed by atoms with Gasteiger partial charge in [0.1, 0.15) is 18.2 Å². The molecular weight excluding hydrogens is 478 g/mol. The Bertz CT molecular complexity index is 1160. The third-order valence-electron chi connectivity index (χ3n) is 6.05. The summed E-state index contributed by atoms with van der Waals surface area (Å²) in [5.41, 5.74) is 1.89. The lowest BCUT2D eigenvalue weighted by Gasteiger charge is -2.37. The van der Waals surface area contributed by atoms with E-state index in [0.29, 0.717) is 29.2 Å². The first-order valence-corrected chi connectivity index (χ1v) is 13.0. The predicted octanol–water partition coefficient (Wildman–Crippen LogP) is 5.83. The standard InChI is InChI=1S/C31H41N3O4/c1-9-24-15-11-12-16-25(24)28(29(36)33-26-17-13-10-14-22(26)4)34(23(5)19-18-21(2)3)27(35)20-32-30(37)38-31(6,7)8/h1,10-17,21,23,28H,18-20H2,2-8H3,(H,32,37)(H,33,36). The first kappa shape index (κ1) is 30.4. The Labute approximate surface area is 227 Å². The van der Waals surface area contributed by atoms with Crippen LogP contribution in [0.15, 0.2) is 48.5 Å². The molecule has 7 nitrogen and oxygen atoms in total. The van der Waals surface area contributed by atoms with Crippen molar-refractivity contribution in [3.63, 3.8) is 0 Å². The van der Waals surface area contributed by atoms with Crippen molar-refractivity contribution in [2.45, 2.75) is 79.0 Å². The molecule has 0 aliphatic heterocycles. The Balaban J connectivity index is 2.53. The van der Waals surface area contributed by atoms with Gasteiger partial charge in [0.15, 0.2) is 0 Å². The van der Waals surface area contributed by atoms with Gasteiger partial charge in [0.25, 0.3) is 5.91 Å². The summed E-state index contributed by atoms with van der Waals surface area (Å²) in [6.45, 7) is 13.0. The molecule has 0 bridgehead atoms. The molecule has 0 radical (unpaired) electrons. The number of nitrogens with one attached hydrogen (secondary N) is 2. The molecular formula is C31H41N3O4. The number of terminal acetylenes is 1. The van der Waals surface area contributed by atoms with Crippen molar-refractivity contribution < 1.29 is 19.1 Å². The van der Waals surface area contributed by atoms with Gasteiger partial charge in [-0.3, -0.25) is 9.59 Å². The Morgan fingerprint density at radius 1 is 1.00 bits per heavy atom. The minimum atomic E-state index is -1.02. The topological polar surface area (TPSA) is 87.7 Å². The van der Waals surface area contributed by atoms with Crippen LogP contribution in [-0.2, 0) is 14.3 Å². The van der Waals surface area contributed by atoms with Gasteiger partial charge < -0.3 is 20.3 Å². The van der Waals surface area contributed by atoms with E-state index in [4.69, 9.17) is 11.2 Å². The molecule has 2 rings (SSSR count). The SMILES string of the molecule is C#Cc1ccccc1C(C(=O)Nc1ccccc1C)N(C(=O)CNC(=O)OC(C)(C)C)C(C)CCC(C)C. The highest BCUT2D eigenvalue weighted by molar-refractivity contribution is 5.99. The highest BCUT2D eigenvalue weighted by atomic mass is 16.6. The predicted molar refractivity (Wildman–Crippen MR) is 152 cm³/mol. The number of anilines is 1. The molecule has 2 aromatic rings. The van der Waals surface area contributed by atoms with Crippen molar-refractivity contribution in [3.05, 3.63) is 65.2 Å². The van der Waals surface area contributed by atoms with Gasteiger partial charge in [-0.25, -0.2) is 4.79 Å². The largest absolute Gasteiger partial charge is 0.444 e. The number of carbonyl (C=O) groups is 3. The van der Waals surface area contributed by atoms with Gasteiger partial charge >= 0.3 is 6.09 Å². The number of benzene rings is 2. The summed E-state index contributed by atoms with van der Waals surface area (Å²) >= 11 is 0. The van der Waals surface area contributed by atoms with E-state index in [2.05, 4.69) is 30.4 Å². The summed E-state index contributed by atoms with van der Waals surface area (Å²) in [5.74, 6) is 2.27. The maximum absolute atomic E-state index is 14.0. The van der Waals surface area contributed by atoms with Crippen LogP contribution in [0.1, 0.15) is 77.1 Å². The molecule has 0 aromatic heterocycles. The highest BCUT2D eigenvalue weighted by Crippen LogP contribution is 2.30. The van der Waals surface area contributed by atoms with Crippen molar-refractivity contribution >= 4 is 23.6 Å². The second-order valence-corrected chi connectivity index (χ2v) is 10.9. The Hall–Kier alpha value is -3.79. The molecule has 3 amide bonds. The molecule has 0 spiro atoms. The lowest BCUT2D eigenvalue weighted by atomic mass is 9.95. The van der Waals surface area contributed by atoms with Crippen LogP contribution in [0.5, 0.6) is 0 Å². The molecule has 0 heterocycles. The Morgan fingerprint density at radius 3 is 2.24 bits per heavy atom. The first-order chi connectivity index (χ1) is 17.8. The van der Waals surface area contributed by atoms with Gasteiger partial charge in [-0.2, -0.15) is 0 Å². The number of ether oxygens (including phenoxy) is 1. The maximum Gasteiger partial charge on any atom is 0.408 e. The van der Waals surface area contributed by atoms with Gasteiger partial charge in [-0.1, -0.05) is 56.2 Å². The van der Waals surface area contributed by atoms with Gasteiger partial charge in [-0.15, -0.1) is 6.42 Å². The number of carbonyl (C=O) groups excluding carboxylic acids is 3. The third-order valence-corrected chi connectivity index (χ3v) is 6.05. The molecule has 204 valence electrons. The second kappa shape index (κ2) is 13.7. The van der Waals surface area contributed by atoms with Crippen LogP contribution in [0.4, 0.5) is 10.5 Å². The van der Waals surface area contributed by atoms with E-state index in [1.165, 1.54) is 0 Å². The van der Waals surface area contributed by atoms with E-state index in [0.717, 1.165) is 12.0 Å². The van der Waals surface area contributed by atoms with Crippen molar-refractivity contribution in [1.82, 2.24) is 10.2 Å². The number of alkyl carbamates (subject to hydrolysis) is 1. The molecule has 2 aromatic carbocycles. The van der Waals surface area contributed by atoms with Crippen LogP contribution in [0.25, 0.3) is 0 Å². The minimum absolute atomic E-state index is 0.316. The lowest BCUT2D eigenvalue weighted by molar-refractivity contribution is -0.141. The first-order valence-electron chi connectivity index (χ1n) is 13.0. The molecule has 0 saturated carbocycles. The molecule has 2 unspecified atom stereocenters. The zero-order chi connectivity index (χ0) is 28.5. The summed E-state index contributed by atoms with van der Waals surface area (Å²) in [6.07, 6.45) is 6.63. The van der Waals surface area contributed by atoms with Crippen LogP contribution in [0.2, 0.25) is 0 Å². The summed E-state index contributed by atoms with van der Waals surface area (Å²) in [5, 5.41) is 5.55. The van der Waals surface area contributed by atoms with E-state index in [9.17, 15) is 14.4 Å². The Kier molecular flexibility index (Phi) is 10.9. The van der Waals surface area contributed by atoms with Crippen molar-refractivity contribution in [2.75, 3.05) is 11.9 Å². The highest BCUT2D eigenvalue weighted by Gasteiger charge is 2.36. The van der Waals surface area contributed by atoms with E-state index < -0.39 is 23.6 Å². The van der Waals surface area contributed by atoms with E-state index >= 15 is 0 Å². The smallest absolute Gasteiger partial charge is 0.408 e. The maximum atomic E-state index is 14.0. The fourth-order valence-electron chi connectivity index (χ4n) is 4.11. The zero-order valence-electron chi connectivity index (χ0n) is 23.6. The average molecular weight is 520 g/mol. The van der Waals surface area contributed by atoms with Gasteiger partial charge in [-0.05, 0) is 76.6 Å². The van der Waals surface area contributed by atoms with E-state index in [1.807, 2.05) is 38.1 Å². The zero-order valence-corrected chi connectivity index (χ0v) is 23.6. The number of aryl methyl sites for hydroxylation is 1.